The highest BCUT2D eigenvalue weighted by atomic mass is 35.5. The van der Waals surface area contributed by atoms with Crippen LogP contribution in [0.15, 0.2) is 24.3 Å². The Morgan fingerprint density at radius 2 is 1.95 bits per heavy atom. The number of rotatable bonds is 4. The molecule has 1 saturated heterocycles. The van der Waals surface area contributed by atoms with E-state index >= 15 is 0 Å². The summed E-state index contributed by atoms with van der Waals surface area (Å²) in [6.07, 6.45) is 4.05. The van der Waals surface area contributed by atoms with Crippen molar-refractivity contribution in [2.75, 3.05) is 19.6 Å². The first-order valence-corrected chi connectivity index (χ1v) is 8.07. The second-order valence-corrected chi connectivity index (χ2v) is 6.00. The summed E-state index contributed by atoms with van der Waals surface area (Å²) in [6, 6.07) is 8.73. The van der Waals surface area contributed by atoms with Gasteiger partial charge < -0.3 is 9.47 Å². The number of para-hydroxylation sites is 2. The third-order valence-electron chi connectivity index (χ3n) is 4.20. The molecule has 0 amide bonds. The molecule has 1 fully saturated rings. The Morgan fingerprint density at radius 3 is 2.70 bits per heavy atom. The van der Waals surface area contributed by atoms with Crippen LogP contribution in [0.25, 0.3) is 11.0 Å². The van der Waals surface area contributed by atoms with Crippen molar-refractivity contribution in [3.8, 4) is 0 Å². The van der Waals surface area contributed by atoms with E-state index in [9.17, 15) is 0 Å². The van der Waals surface area contributed by atoms with E-state index in [0.29, 0.717) is 11.9 Å². The van der Waals surface area contributed by atoms with E-state index in [-0.39, 0.29) is 0 Å². The third-order valence-corrected chi connectivity index (χ3v) is 4.44. The summed E-state index contributed by atoms with van der Waals surface area (Å²) in [5, 5.41) is 0. The summed E-state index contributed by atoms with van der Waals surface area (Å²) in [5.41, 5.74) is 2.25. The minimum absolute atomic E-state index is 0.411. The second kappa shape index (κ2) is 6.15. The number of fused-ring (bicyclic) bond motifs is 1. The predicted molar refractivity (Wildman–Crippen MR) is 84.3 cm³/mol. The van der Waals surface area contributed by atoms with Gasteiger partial charge in [-0.1, -0.05) is 18.6 Å². The average Bonchev–Trinajstić information content (AvgIpc) is 2.86. The molecule has 3 nitrogen and oxygen atoms in total. The van der Waals surface area contributed by atoms with E-state index in [1.165, 1.54) is 37.9 Å². The molecular weight excluding hydrogens is 270 g/mol. The van der Waals surface area contributed by atoms with Gasteiger partial charge in [-0.25, -0.2) is 4.98 Å². The molecule has 20 heavy (non-hydrogen) atoms. The summed E-state index contributed by atoms with van der Waals surface area (Å²) in [6.45, 7) is 5.82. The van der Waals surface area contributed by atoms with Crippen LogP contribution in [0, 0.1) is 0 Å². The van der Waals surface area contributed by atoms with Gasteiger partial charge in [0.15, 0.2) is 0 Å². The number of imidazole rings is 1. The molecule has 1 aliphatic rings. The molecule has 4 heteroatoms. The van der Waals surface area contributed by atoms with Crippen molar-refractivity contribution in [1.29, 1.82) is 0 Å². The highest BCUT2D eigenvalue weighted by Crippen LogP contribution is 2.23. The number of benzene rings is 1. The molecule has 2 aromatic rings. The zero-order valence-corrected chi connectivity index (χ0v) is 12.8. The molecule has 0 N–H and O–H groups in total. The summed E-state index contributed by atoms with van der Waals surface area (Å²) >= 11 is 6.09. The quantitative estimate of drug-likeness (QED) is 0.799. The zero-order valence-electron chi connectivity index (χ0n) is 12.1. The molecule has 1 atom stereocenters. The van der Waals surface area contributed by atoms with Crippen LogP contribution in [0.1, 0.15) is 38.1 Å². The van der Waals surface area contributed by atoms with Gasteiger partial charge in [0.1, 0.15) is 5.82 Å². The monoisotopic (exact) mass is 291 g/mol. The number of aromatic nitrogens is 2. The van der Waals surface area contributed by atoms with Crippen LogP contribution in [0.5, 0.6) is 0 Å². The molecule has 0 aliphatic carbocycles. The van der Waals surface area contributed by atoms with E-state index in [1.54, 1.807) is 0 Å². The van der Waals surface area contributed by atoms with E-state index in [2.05, 4.69) is 39.6 Å². The van der Waals surface area contributed by atoms with Crippen LogP contribution < -0.4 is 0 Å². The largest absolute Gasteiger partial charge is 0.323 e. The van der Waals surface area contributed by atoms with Crippen molar-refractivity contribution in [1.82, 2.24) is 14.5 Å². The minimum Gasteiger partial charge on any atom is -0.323 e. The lowest BCUT2D eigenvalue weighted by Gasteiger charge is -2.30. The lowest BCUT2D eigenvalue weighted by Crippen LogP contribution is -2.34. The number of likely N-dealkylation sites (tertiary alicyclic amines) is 1. The molecule has 2 heterocycles. The van der Waals surface area contributed by atoms with Crippen LogP contribution in [-0.2, 0) is 5.88 Å². The molecule has 1 aromatic carbocycles. The summed E-state index contributed by atoms with van der Waals surface area (Å²) in [7, 11) is 0. The smallest absolute Gasteiger partial charge is 0.125 e. The van der Waals surface area contributed by atoms with Crippen molar-refractivity contribution in [2.24, 2.45) is 0 Å². The van der Waals surface area contributed by atoms with Crippen LogP contribution in [0.4, 0.5) is 0 Å². The van der Waals surface area contributed by atoms with Gasteiger partial charge in [-0.15, -0.1) is 11.6 Å². The number of hydrogen-bond acceptors (Lipinski definition) is 2. The number of nitrogens with zero attached hydrogens (tertiary/aromatic N) is 3. The molecule has 0 spiro atoms. The standard InChI is InChI=1S/C16H22ClN3/c1-13(12-19-9-5-2-6-10-19)20-15-8-4-3-7-14(15)18-16(20)11-17/h3-4,7-8,13H,2,5-6,9-12H2,1H3. The minimum atomic E-state index is 0.411. The maximum atomic E-state index is 6.09. The van der Waals surface area contributed by atoms with Gasteiger partial charge in [0.25, 0.3) is 0 Å². The third kappa shape index (κ3) is 2.70. The number of piperidine rings is 1. The summed E-state index contributed by atoms with van der Waals surface area (Å²) in [5.74, 6) is 1.45. The van der Waals surface area contributed by atoms with Crippen molar-refractivity contribution in [2.45, 2.75) is 38.1 Å². The molecule has 1 aliphatic heterocycles. The number of halogens is 1. The van der Waals surface area contributed by atoms with E-state index in [4.69, 9.17) is 11.6 Å². The molecule has 1 unspecified atom stereocenters. The Labute approximate surface area is 125 Å². The first kappa shape index (κ1) is 13.9. The van der Waals surface area contributed by atoms with E-state index in [1.807, 2.05) is 6.07 Å². The van der Waals surface area contributed by atoms with Crippen molar-refractivity contribution >= 4 is 22.6 Å². The van der Waals surface area contributed by atoms with Crippen molar-refractivity contribution in [3.05, 3.63) is 30.1 Å². The fourth-order valence-electron chi connectivity index (χ4n) is 3.28. The Kier molecular flexibility index (Phi) is 4.27. The zero-order chi connectivity index (χ0) is 13.9. The first-order valence-electron chi connectivity index (χ1n) is 7.54. The Morgan fingerprint density at radius 1 is 1.20 bits per heavy atom. The lowest BCUT2D eigenvalue weighted by atomic mass is 10.1. The molecule has 0 bridgehead atoms. The number of alkyl halides is 1. The van der Waals surface area contributed by atoms with Gasteiger partial charge in [0, 0.05) is 12.6 Å². The van der Waals surface area contributed by atoms with Crippen molar-refractivity contribution in [3.63, 3.8) is 0 Å². The maximum Gasteiger partial charge on any atom is 0.125 e. The molecular formula is C16H22ClN3. The van der Waals surface area contributed by atoms with Gasteiger partial charge in [-0.2, -0.15) is 0 Å². The SMILES string of the molecule is CC(CN1CCCCC1)n1c(CCl)nc2ccccc21. The van der Waals surface area contributed by atoms with Gasteiger partial charge in [0.05, 0.1) is 16.9 Å². The second-order valence-electron chi connectivity index (χ2n) is 5.73. The lowest BCUT2D eigenvalue weighted by molar-refractivity contribution is 0.202. The highest BCUT2D eigenvalue weighted by molar-refractivity contribution is 6.16. The van der Waals surface area contributed by atoms with Crippen LogP contribution in [0.2, 0.25) is 0 Å². The highest BCUT2D eigenvalue weighted by Gasteiger charge is 2.18. The van der Waals surface area contributed by atoms with Crippen LogP contribution in [-0.4, -0.2) is 34.1 Å². The maximum absolute atomic E-state index is 6.09. The van der Waals surface area contributed by atoms with E-state index in [0.717, 1.165) is 17.9 Å². The van der Waals surface area contributed by atoms with Gasteiger partial charge in [0.2, 0.25) is 0 Å². The Hall–Kier alpha value is -1.06. The van der Waals surface area contributed by atoms with Crippen LogP contribution in [0.3, 0.4) is 0 Å². The Bertz CT molecular complexity index is 572. The van der Waals surface area contributed by atoms with E-state index < -0.39 is 0 Å². The predicted octanol–water partition coefficient (Wildman–Crippen LogP) is 3.82. The summed E-state index contributed by atoms with van der Waals surface area (Å²) in [4.78, 5) is 7.23. The molecule has 108 valence electrons. The average molecular weight is 292 g/mol. The van der Waals surface area contributed by atoms with Crippen LogP contribution >= 0.6 is 11.6 Å². The van der Waals surface area contributed by atoms with Gasteiger partial charge in [-0.3, -0.25) is 0 Å². The fourth-order valence-corrected chi connectivity index (χ4v) is 3.47. The fraction of sp³-hybridized carbons (Fsp3) is 0.562. The Balaban J connectivity index is 1.87. The molecule has 0 radical (unpaired) electrons. The number of hydrogen-bond donors (Lipinski definition) is 0. The van der Waals surface area contributed by atoms with Crippen molar-refractivity contribution < 1.29 is 0 Å². The van der Waals surface area contributed by atoms with Gasteiger partial charge in [-0.05, 0) is 45.0 Å². The topological polar surface area (TPSA) is 21.1 Å². The molecule has 1 aromatic heterocycles. The van der Waals surface area contributed by atoms with Gasteiger partial charge >= 0.3 is 0 Å². The normalized spacial score (nSPS) is 18.5. The molecule has 3 rings (SSSR count). The first-order chi connectivity index (χ1) is 9.79. The molecule has 0 saturated carbocycles. The summed E-state index contributed by atoms with van der Waals surface area (Å²) < 4.78 is 2.32.